The summed E-state index contributed by atoms with van der Waals surface area (Å²) in [5.41, 5.74) is -0.428. The van der Waals surface area contributed by atoms with Gasteiger partial charge in [0.2, 0.25) is 0 Å². The second-order valence-corrected chi connectivity index (χ2v) is 8.00. The number of ether oxygens (including phenoxy) is 1. The van der Waals surface area contributed by atoms with Crippen molar-refractivity contribution in [2.24, 2.45) is 5.41 Å². The van der Waals surface area contributed by atoms with Crippen molar-refractivity contribution >= 4 is 16.1 Å². The maximum atomic E-state index is 12.0. The molecular formula is C14H30NO5S+. The zero-order valence-electron chi connectivity index (χ0n) is 13.9. The molecule has 0 rings (SSSR count). The Balaban J connectivity index is 4.18. The summed E-state index contributed by atoms with van der Waals surface area (Å²) in [7, 11) is -0.0197. The number of carbonyl (C=O) groups is 1. The highest BCUT2D eigenvalue weighted by molar-refractivity contribution is 7.85. The number of rotatable bonds is 10. The lowest BCUT2D eigenvalue weighted by molar-refractivity contribution is -0.890. The lowest BCUT2D eigenvalue weighted by Crippen LogP contribution is -2.44. The Kier molecular flexibility index (Phi) is 7.84. The summed E-state index contributed by atoms with van der Waals surface area (Å²) in [6.45, 7) is 7.37. The number of quaternary nitrogens is 1. The quantitative estimate of drug-likeness (QED) is 0.376. The summed E-state index contributed by atoms with van der Waals surface area (Å²) in [6, 6.07) is 0. The first-order valence-electron chi connectivity index (χ1n) is 7.40. The molecule has 0 aromatic rings. The second kappa shape index (κ2) is 8.10. The van der Waals surface area contributed by atoms with Crippen LogP contribution in [-0.2, 0) is 19.6 Å². The van der Waals surface area contributed by atoms with Gasteiger partial charge in [0.05, 0.1) is 31.8 Å². The van der Waals surface area contributed by atoms with Crippen LogP contribution in [0.2, 0.25) is 0 Å². The van der Waals surface area contributed by atoms with E-state index in [1.54, 1.807) is 0 Å². The van der Waals surface area contributed by atoms with Crippen LogP contribution in [0.25, 0.3) is 0 Å². The molecule has 0 aliphatic rings. The van der Waals surface area contributed by atoms with E-state index in [1.165, 1.54) is 0 Å². The predicted octanol–water partition coefficient (Wildman–Crippen LogP) is 1.71. The molecule has 0 heterocycles. The van der Waals surface area contributed by atoms with E-state index in [1.807, 2.05) is 34.9 Å². The van der Waals surface area contributed by atoms with Crippen LogP contribution >= 0.6 is 0 Å². The predicted molar refractivity (Wildman–Crippen MR) is 82.5 cm³/mol. The standard InChI is InChI=1S/C14H29NO5S/c1-6-14(3,7-2)13(16)20-11-10-15(4,5)9-8-12-21(17,18)19/h6-12H2,1-5H3/p+1. The monoisotopic (exact) mass is 324 g/mol. The maximum Gasteiger partial charge on any atom is 0.311 e. The summed E-state index contributed by atoms with van der Waals surface area (Å²) in [4.78, 5) is 12.0. The zero-order valence-corrected chi connectivity index (χ0v) is 14.7. The van der Waals surface area contributed by atoms with E-state index in [0.29, 0.717) is 30.6 Å². The van der Waals surface area contributed by atoms with Gasteiger partial charge in [-0.25, -0.2) is 0 Å². The van der Waals surface area contributed by atoms with Gasteiger partial charge < -0.3 is 9.22 Å². The van der Waals surface area contributed by atoms with E-state index in [0.717, 1.165) is 12.8 Å². The van der Waals surface area contributed by atoms with Crippen LogP contribution in [0.15, 0.2) is 0 Å². The van der Waals surface area contributed by atoms with Gasteiger partial charge in [0, 0.05) is 6.42 Å². The molecule has 1 N–H and O–H groups in total. The van der Waals surface area contributed by atoms with Gasteiger partial charge in [-0.3, -0.25) is 9.35 Å². The molecule has 0 atom stereocenters. The van der Waals surface area contributed by atoms with Gasteiger partial charge in [-0.2, -0.15) is 8.42 Å². The highest BCUT2D eigenvalue weighted by Gasteiger charge is 2.31. The Hall–Kier alpha value is -0.660. The van der Waals surface area contributed by atoms with Crippen molar-refractivity contribution in [3.63, 3.8) is 0 Å². The molecule has 0 fully saturated rings. The largest absolute Gasteiger partial charge is 0.459 e. The summed E-state index contributed by atoms with van der Waals surface area (Å²) in [5, 5.41) is 0. The van der Waals surface area contributed by atoms with Crippen molar-refractivity contribution in [1.82, 2.24) is 0 Å². The van der Waals surface area contributed by atoms with Crippen molar-refractivity contribution in [2.75, 3.05) is 39.5 Å². The third-order valence-electron chi connectivity index (χ3n) is 4.15. The summed E-state index contributed by atoms with van der Waals surface area (Å²) >= 11 is 0. The number of hydrogen-bond donors (Lipinski definition) is 1. The van der Waals surface area contributed by atoms with Crippen LogP contribution in [-0.4, -0.2) is 63.0 Å². The van der Waals surface area contributed by atoms with Crippen LogP contribution in [0.3, 0.4) is 0 Å². The normalized spacial score (nSPS) is 13.2. The summed E-state index contributed by atoms with van der Waals surface area (Å²) in [5.74, 6) is -0.413. The van der Waals surface area contributed by atoms with Crippen LogP contribution in [0.1, 0.15) is 40.0 Å². The maximum absolute atomic E-state index is 12.0. The molecule has 0 bridgehead atoms. The average Bonchev–Trinajstić information content (AvgIpc) is 2.35. The first-order chi connectivity index (χ1) is 9.46. The molecule has 6 nitrogen and oxygen atoms in total. The van der Waals surface area contributed by atoms with Gasteiger partial charge in [-0.05, 0) is 19.8 Å². The fourth-order valence-electron chi connectivity index (χ4n) is 1.89. The third-order valence-corrected chi connectivity index (χ3v) is 4.95. The molecule has 0 spiro atoms. The van der Waals surface area contributed by atoms with Gasteiger partial charge in [0.15, 0.2) is 0 Å². The van der Waals surface area contributed by atoms with E-state index in [4.69, 9.17) is 9.29 Å². The Morgan fingerprint density at radius 3 is 2.14 bits per heavy atom. The van der Waals surface area contributed by atoms with Gasteiger partial charge >= 0.3 is 5.97 Å². The molecule has 0 aliphatic heterocycles. The number of esters is 1. The van der Waals surface area contributed by atoms with E-state index in [-0.39, 0.29) is 11.7 Å². The molecule has 0 saturated heterocycles. The van der Waals surface area contributed by atoms with E-state index in [2.05, 4.69) is 0 Å². The molecule has 0 unspecified atom stereocenters. The lowest BCUT2D eigenvalue weighted by atomic mass is 9.85. The minimum Gasteiger partial charge on any atom is -0.459 e. The summed E-state index contributed by atoms with van der Waals surface area (Å²) in [6.07, 6.45) is 1.87. The SMILES string of the molecule is CCC(C)(CC)C(=O)OCC[N+](C)(C)CCCS(=O)(=O)O. The van der Waals surface area contributed by atoms with Gasteiger partial charge in [-0.1, -0.05) is 13.8 Å². The highest BCUT2D eigenvalue weighted by Crippen LogP contribution is 2.26. The van der Waals surface area contributed by atoms with Crippen LogP contribution in [0, 0.1) is 5.41 Å². The Bertz CT molecular complexity index is 427. The smallest absolute Gasteiger partial charge is 0.311 e. The van der Waals surface area contributed by atoms with E-state index < -0.39 is 15.5 Å². The molecule has 0 aromatic carbocycles. The minimum atomic E-state index is -3.90. The molecule has 0 aliphatic carbocycles. The van der Waals surface area contributed by atoms with Gasteiger partial charge in [-0.15, -0.1) is 0 Å². The van der Waals surface area contributed by atoms with E-state index >= 15 is 0 Å². The molecule has 21 heavy (non-hydrogen) atoms. The van der Waals surface area contributed by atoms with Crippen molar-refractivity contribution in [3.05, 3.63) is 0 Å². The summed E-state index contributed by atoms with van der Waals surface area (Å²) < 4.78 is 35.9. The molecular weight excluding hydrogens is 294 g/mol. The Morgan fingerprint density at radius 2 is 1.71 bits per heavy atom. The first-order valence-corrected chi connectivity index (χ1v) is 9.01. The molecule has 0 amide bonds. The van der Waals surface area contributed by atoms with Crippen LogP contribution in [0.5, 0.6) is 0 Å². The Labute approximate surface area is 128 Å². The zero-order chi connectivity index (χ0) is 16.7. The van der Waals surface area contributed by atoms with Crippen molar-refractivity contribution in [1.29, 1.82) is 0 Å². The second-order valence-electron chi connectivity index (χ2n) is 6.43. The minimum absolute atomic E-state index is 0.176. The molecule has 0 radical (unpaired) electrons. The van der Waals surface area contributed by atoms with Crippen LogP contribution < -0.4 is 0 Å². The molecule has 0 aromatic heterocycles. The fourth-order valence-corrected chi connectivity index (χ4v) is 2.38. The number of carbonyl (C=O) groups excluding carboxylic acids is 1. The number of nitrogens with zero attached hydrogens (tertiary/aromatic N) is 1. The Morgan fingerprint density at radius 1 is 1.19 bits per heavy atom. The molecule has 0 saturated carbocycles. The topological polar surface area (TPSA) is 80.7 Å². The molecule has 7 heteroatoms. The molecule has 126 valence electrons. The first kappa shape index (κ1) is 20.3. The van der Waals surface area contributed by atoms with Crippen molar-refractivity contribution < 1.29 is 27.0 Å². The van der Waals surface area contributed by atoms with Crippen molar-refractivity contribution in [3.8, 4) is 0 Å². The number of likely N-dealkylation sites (N-methyl/N-ethyl adjacent to an activating group) is 1. The third kappa shape index (κ3) is 8.38. The highest BCUT2D eigenvalue weighted by atomic mass is 32.2. The van der Waals surface area contributed by atoms with Crippen LogP contribution in [0.4, 0.5) is 0 Å². The van der Waals surface area contributed by atoms with Crippen molar-refractivity contribution in [2.45, 2.75) is 40.0 Å². The fraction of sp³-hybridized carbons (Fsp3) is 0.929. The van der Waals surface area contributed by atoms with E-state index in [9.17, 15) is 13.2 Å². The average molecular weight is 324 g/mol. The van der Waals surface area contributed by atoms with Gasteiger partial charge in [0.25, 0.3) is 10.1 Å². The van der Waals surface area contributed by atoms with Gasteiger partial charge in [0.1, 0.15) is 13.2 Å². The lowest BCUT2D eigenvalue weighted by Gasteiger charge is -2.30. The number of hydrogen-bond acceptors (Lipinski definition) is 4.